The van der Waals surface area contributed by atoms with Crippen LogP contribution >= 0.6 is 0 Å². The van der Waals surface area contributed by atoms with Gasteiger partial charge in [-0.2, -0.15) is 13.2 Å². The van der Waals surface area contributed by atoms with Crippen LogP contribution in [-0.4, -0.2) is 11.7 Å². The Hall–Kier alpha value is -1.07. The Kier molecular flexibility index (Phi) is 3.71. The first-order valence-corrected chi connectivity index (χ1v) is 4.56. The zero-order valence-corrected chi connectivity index (χ0v) is 8.09. The van der Waals surface area contributed by atoms with E-state index in [-0.39, 0.29) is 12.6 Å². The van der Waals surface area contributed by atoms with Crippen molar-refractivity contribution >= 4 is 0 Å². The summed E-state index contributed by atoms with van der Waals surface area (Å²) in [6.07, 6.45) is -3.96. The van der Waals surface area contributed by atoms with Gasteiger partial charge in [0.1, 0.15) is 6.04 Å². The molecule has 0 bridgehead atoms. The quantitative estimate of drug-likeness (QED) is 0.794. The molecule has 1 rings (SSSR count). The highest BCUT2D eigenvalue weighted by Crippen LogP contribution is 2.30. The minimum Gasteiger partial charge on any atom is -0.396 e. The Morgan fingerprint density at radius 3 is 2.53 bits per heavy atom. The molecule has 0 unspecified atom stereocenters. The molecule has 0 saturated heterocycles. The van der Waals surface area contributed by atoms with E-state index in [4.69, 9.17) is 5.11 Å². The molecule has 0 spiro atoms. The first kappa shape index (κ1) is 12.0. The number of hydrogen-bond donors (Lipinski definition) is 2. The van der Waals surface area contributed by atoms with Gasteiger partial charge in [-0.05, 0) is 12.1 Å². The third-order valence-electron chi connectivity index (χ3n) is 2.16. The largest absolute Gasteiger partial charge is 0.416 e. The van der Waals surface area contributed by atoms with Crippen LogP contribution in [0.1, 0.15) is 23.6 Å². The topological polar surface area (TPSA) is 47.9 Å². The summed E-state index contributed by atoms with van der Waals surface area (Å²) in [6.45, 7) is -0.0790. The second-order valence-corrected chi connectivity index (χ2v) is 3.33. The van der Waals surface area contributed by atoms with Gasteiger partial charge >= 0.3 is 6.18 Å². The van der Waals surface area contributed by atoms with Gasteiger partial charge in [-0.3, -0.25) is 0 Å². The molecule has 0 fully saturated rings. The van der Waals surface area contributed by atoms with Gasteiger partial charge in [-0.25, -0.2) is 0 Å². The maximum Gasteiger partial charge on any atom is 0.416 e. The summed E-state index contributed by atoms with van der Waals surface area (Å²) >= 11 is 0. The number of benzene rings is 1. The fraction of sp³-hybridized carbons (Fsp3) is 0.400. The highest BCUT2D eigenvalue weighted by molar-refractivity contribution is 5.26. The van der Waals surface area contributed by atoms with Crippen LogP contribution in [0.2, 0.25) is 0 Å². The lowest BCUT2D eigenvalue weighted by atomic mass is 10.0. The number of hydrogen-bond acceptors (Lipinski definition) is 1. The van der Waals surface area contributed by atoms with Gasteiger partial charge in [0, 0.05) is 18.6 Å². The van der Waals surface area contributed by atoms with E-state index in [0.29, 0.717) is 12.0 Å². The molecule has 2 nitrogen and oxygen atoms in total. The van der Waals surface area contributed by atoms with Crippen molar-refractivity contribution in [3.8, 4) is 0 Å². The smallest absolute Gasteiger partial charge is 0.396 e. The van der Waals surface area contributed by atoms with E-state index in [1.165, 1.54) is 6.07 Å². The lowest BCUT2D eigenvalue weighted by molar-refractivity contribution is -0.428. The molecule has 5 heteroatoms. The van der Waals surface area contributed by atoms with Gasteiger partial charge in [-0.15, -0.1) is 0 Å². The van der Waals surface area contributed by atoms with Crippen LogP contribution in [0, 0.1) is 0 Å². The average Bonchev–Trinajstić information content (AvgIpc) is 2.17. The van der Waals surface area contributed by atoms with Crippen molar-refractivity contribution in [1.82, 2.24) is 0 Å². The van der Waals surface area contributed by atoms with E-state index in [1.54, 1.807) is 6.07 Å². The number of aliphatic hydroxyl groups excluding tert-OH is 1. The number of halogens is 3. The molecule has 0 saturated carbocycles. The Balaban J connectivity index is 2.92. The predicted molar refractivity (Wildman–Crippen MR) is 48.8 cm³/mol. The molecule has 0 aliphatic rings. The third kappa shape index (κ3) is 3.21. The van der Waals surface area contributed by atoms with E-state index >= 15 is 0 Å². The minimum absolute atomic E-state index is 0.0790. The van der Waals surface area contributed by atoms with Gasteiger partial charge in [-0.1, -0.05) is 12.1 Å². The first-order chi connectivity index (χ1) is 6.95. The van der Waals surface area contributed by atoms with Gasteiger partial charge in [0.2, 0.25) is 0 Å². The van der Waals surface area contributed by atoms with Crippen molar-refractivity contribution in [3.63, 3.8) is 0 Å². The molecule has 0 aliphatic heterocycles. The zero-order valence-electron chi connectivity index (χ0n) is 8.09. The molecule has 1 atom stereocenters. The number of alkyl halides is 3. The van der Waals surface area contributed by atoms with Crippen LogP contribution in [0.3, 0.4) is 0 Å². The first-order valence-electron chi connectivity index (χ1n) is 4.56. The van der Waals surface area contributed by atoms with Crippen LogP contribution in [0.25, 0.3) is 0 Å². The Morgan fingerprint density at radius 2 is 2.00 bits per heavy atom. The standard InChI is InChI=1S/C10H12F3NO/c11-10(12,13)8-3-1-2-7(6-8)9(14)4-5-15/h1-3,6,9,15H,4-5,14H2/p+1/t9-/m1/s1. The summed E-state index contributed by atoms with van der Waals surface area (Å²) in [4.78, 5) is 0. The lowest BCUT2D eigenvalue weighted by Crippen LogP contribution is -2.53. The van der Waals surface area contributed by atoms with Gasteiger partial charge in [0.05, 0.1) is 5.56 Å². The molecule has 84 valence electrons. The van der Waals surface area contributed by atoms with Crippen molar-refractivity contribution in [3.05, 3.63) is 35.4 Å². The second-order valence-electron chi connectivity index (χ2n) is 3.33. The van der Waals surface area contributed by atoms with Crippen molar-refractivity contribution in [2.24, 2.45) is 0 Å². The van der Waals surface area contributed by atoms with Gasteiger partial charge in [0.25, 0.3) is 0 Å². The second kappa shape index (κ2) is 4.63. The van der Waals surface area contributed by atoms with Crippen molar-refractivity contribution in [2.45, 2.75) is 18.6 Å². The van der Waals surface area contributed by atoms with Crippen molar-refractivity contribution < 1.29 is 24.0 Å². The normalized spacial score (nSPS) is 13.9. The third-order valence-corrected chi connectivity index (χ3v) is 2.16. The number of quaternary nitrogens is 1. The summed E-state index contributed by atoms with van der Waals surface area (Å²) < 4.78 is 37.0. The molecule has 0 heterocycles. The van der Waals surface area contributed by atoms with Crippen molar-refractivity contribution in [2.75, 3.05) is 6.61 Å². The summed E-state index contributed by atoms with van der Waals surface area (Å²) in [5, 5.41) is 8.66. The maximum absolute atomic E-state index is 12.3. The molecular weight excluding hydrogens is 207 g/mol. The van der Waals surface area contributed by atoms with E-state index in [2.05, 4.69) is 5.73 Å². The molecule has 0 radical (unpaired) electrons. The molecular formula is C10H13F3NO+. The van der Waals surface area contributed by atoms with Crippen LogP contribution in [0.5, 0.6) is 0 Å². The number of rotatable bonds is 3. The van der Waals surface area contributed by atoms with Gasteiger partial charge < -0.3 is 10.8 Å². The summed E-state index contributed by atoms with van der Waals surface area (Å²) in [5.41, 5.74) is 3.52. The van der Waals surface area contributed by atoms with Crippen LogP contribution in [-0.2, 0) is 6.18 Å². The minimum atomic E-state index is -4.32. The molecule has 0 aromatic heterocycles. The Morgan fingerprint density at radius 1 is 1.33 bits per heavy atom. The Labute approximate surface area is 85.5 Å². The van der Waals surface area contributed by atoms with Gasteiger partial charge in [0.15, 0.2) is 0 Å². The number of aliphatic hydroxyl groups is 1. The Bertz CT molecular complexity index is 325. The SMILES string of the molecule is [NH3+][C@H](CCO)c1cccc(C(F)(F)F)c1. The van der Waals surface area contributed by atoms with E-state index < -0.39 is 11.7 Å². The fourth-order valence-electron chi connectivity index (χ4n) is 1.29. The maximum atomic E-state index is 12.3. The summed E-state index contributed by atoms with van der Waals surface area (Å²) in [5.74, 6) is 0. The summed E-state index contributed by atoms with van der Waals surface area (Å²) in [7, 11) is 0. The average molecular weight is 220 g/mol. The molecule has 1 aromatic carbocycles. The van der Waals surface area contributed by atoms with E-state index in [9.17, 15) is 13.2 Å². The highest BCUT2D eigenvalue weighted by atomic mass is 19.4. The molecule has 0 amide bonds. The molecule has 1 aromatic rings. The summed E-state index contributed by atoms with van der Waals surface area (Å²) in [6, 6.07) is 4.73. The molecule has 15 heavy (non-hydrogen) atoms. The molecule has 4 N–H and O–H groups in total. The monoisotopic (exact) mass is 220 g/mol. The predicted octanol–water partition coefficient (Wildman–Crippen LogP) is 1.37. The lowest BCUT2D eigenvalue weighted by Gasteiger charge is -2.11. The van der Waals surface area contributed by atoms with Crippen molar-refractivity contribution in [1.29, 1.82) is 0 Å². The fourth-order valence-corrected chi connectivity index (χ4v) is 1.29. The highest BCUT2D eigenvalue weighted by Gasteiger charge is 2.30. The van der Waals surface area contributed by atoms with E-state index in [0.717, 1.165) is 12.1 Å². The van der Waals surface area contributed by atoms with Crippen LogP contribution in [0.4, 0.5) is 13.2 Å². The van der Waals surface area contributed by atoms with Crippen LogP contribution in [0.15, 0.2) is 24.3 Å². The molecule has 0 aliphatic carbocycles. The van der Waals surface area contributed by atoms with Crippen LogP contribution < -0.4 is 5.73 Å². The zero-order chi connectivity index (χ0) is 11.5. The van der Waals surface area contributed by atoms with E-state index in [1.807, 2.05) is 0 Å².